The van der Waals surface area contributed by atoms with Crippen LogP contribution in [0.3, 0.4) is 0 Å². The van der Waals surface area contributed by atoms with Crippen molar-refractivity contribution in [2.24, 2.45) is 17.8 Å². The molecule has 1 aromatic heterocycles. The van der Waals surface area contributed by atoms with Crippen LogP contribution in [0.25, 0.3) is 0 Å². The molecule has 1 aromatic carbocycles. The van der Waals surface area contributed by atoms with E-state index in [2.05, 4.69) is 31.4 Å². The number of nitrogens with one attached hydrogen (secondary N) is 2. The van der Waals surface area contributed by atoms with Gasteiger partial charge in [-0.1, -0.05) is 23.7 Å². The second kappa shape index (κ2) is 9.91. The fourth-order valence-electron chi connectivity index (χ4n) is 8.56. The molecule has 0 spiro atoms. The van der Waals surface area contributed by atoms with Crippen molar-refractivity contribution >= 4 is 23.4 Å². The molecule has 2 N–H and O–H groups in total. The molecule has 210 valence electrons. The molecule has 0 radical (unpaired) electrons. The number of hydrogen-bond donors (Lipinski definition) is 2. The Morgan fingerprint density at radius 1 is 1.05 bits per heavy atom. The topological polar surface area (TPSA) is 79.3 Å². The molecule has 1 aliphatic heterocycles. The summed E-state index contributed by atoms with van der Waals surface area (Å²) in [5.74, 6) is 1.98. The quantitative estimate of drug-likeness (QED) is 0.528. The number of halogens is 1. The van der Waals surface area contributed by atoms with Crippen molar-refractivity contribution < 1.29 is 9.59 Å². The fraction of sp³-hybridized carbons (Fsp3) is 0.645. The predicted octanol–water partition coefficient (Wildman–Crippen LogP) is 5.02. The number of likely N-dealkylation sites (tertiary alicyclic amines) is 1. The average molecular weight is 552 g/mol. The Labute approximate surface area is 237 Å². The molecular formula is C31H42ClN5O2. The molecule has 4 saturated carbocycles. The number of nitrogens with zero attached hydrogens (tertiary/aromatic N) is 3. The normalized spacial score (nSPS) is 33.5. The first-order valence-corrected chi connectivity index (χ1v) is 15.0. The van der Waals surface area contributed by atoms with Crippen LogP contribution >= 0.6 is 11.6 Å². The van der Waals surface area contributed by atoms with Crippen LogP contribution in [-0.4, -0.2) is 51.7 Å². The third-order valence-electron chi connectivity index (χ3n) is 9.71. The van der Waals surface area contributed by atoms with E-state index in [4.69, 9.17) is 16.7 Å². The standard InChI is InChI=1S/C31H42ClN5O2/c1-30(2,3)36-9-8-25(35-36)24-14-26(29(39)34-31-15-19-10-20(16-31)12-21(11-19)17-31)37(27(38)18-33-4)28(24)22-6-5-7-23(32)13-22/h5-9,13,19-21,24,26,28,33H,10-12,14-18H2,1-4H3,(H,34,39)/t19?,20?,21?,24-,26+,28+,31?/m1/s1. The summed E-state index contributed by atoms with van der Waals surface area (Å²) in [4.78, 5) is 29.8. The molecule has 5 fully saturated rings. The van der Waals surface area contributed by atoms with Crippen LogP contribution in [0.4, 0.5) is 0 Å². The van der Waals surface area contributed by atoms with Crippen molar-refractivity contribution in [1.82, 2.24) is 25.3 Å². The van der Waals surface area contributed by atoms with Crippen LogP contribution in [0.2, 0.25) is 5.02 Å². The van der Waals surface area contributed by atoms with Gasteiger partial charge in [-0.3, -0.25) is 14.3 Å². The maximum Gasteiger partial charge on any atom is 0.243 e. The van der Waals surface area contributed by atoms with Gasteiger partial charge < -0.3 is 15.5 Å². The van der Waals surface area contributed by atoms with Crippen LogP contribution in [0, 0.1) is 17.8 Å². The molecule has 8 heteroatoms. The van der Waals surface area contributed by atoms with E-state index in [-0.39, 0.29) is 41.4 Å². The summed E-state index contributed by atoms with van der Waals surface area (Å²) < 4.78 is 1.97. The highest BCUT2D eigenvalue weighted by molar-refractivity contribution is 6.30. The Hall–Kier alpha value is -2.38. The Bertz CT molecular complexity index is 1210. The lowest BCUT2D eigenvalue weighted by atomic mass is 9.53. The zero-order chi connectivity index (χ0) is 27.5. The molecule has 4 aliphatic carbocycles. The lowest BCUT2D eigenvalue weighted by molar-refractivity contribution is -0.142. The number of benzene rings is 1. The zero-order valence-electron chi connectivity index (χ0n) is 23.6. The van der Waals surface area contributed by atoms with Crippen LogP contribution in [0.1, 0.15) is 88.9 Å². The highest BCUT2D eigenvalue weighted by atomic mass is 35.5. The van der Waals surface area contributed by atoms with E-state index in [1.54, 1.807) is 7.05 Å². The van der Waals surface area contributed by atoms with E-state index in [1.807, 2.05) is 46.1 Å². The van der Waals surface area contributed by atoms with E-state index in [0.717, 1.165) is 48.3 Å². The summed E-state index contributed by atoms with van der Waals surface area (Å²) in [6, 6.07) is 8.87. The van der Waals surface area contributed by atoms with Crippen molar-refractivity contribution in [3.63, 3.8) is 0 Å². The first-order valence-electron chi connectivity index (χ1n) is 14.6. The smallest absolute Gasteiger partial charge is 0.243 e. The maximum absolute atomic E-state index is 14.3. The van der Waals surface area contributed by atoms with Gasteiger partial charge in [-0.15, -0.1) is 0 Å². The average Bonchev–Trinajstić information content (AvgIpc) is 3.49. The van der Waals surface area contributed by atoms with Crippen molar-refractivity contribution in [1.29, 1.82) is 0 Å². The molecular weight excluding hydrogens is 510 g/mol. The highest BCUT2D eigenvalue weighted by Gasteiger charge is 2.54. The van der Waals surface area contributed by atoms with E-state index in [9.17, 15) is 9.59 Å². The molecule has 4 bridgehead atoms. The number of likely N-dealkylation sites (N-methyl/N-ethyl adjacent to an activating group) is 1. The molecule has 5 aliphatic rings. The van der Waals surface area contributed by atoms with Crippen LogP contribution in [0.15, 0.2) is 36.5 Å². The molecule has 3 atom stereocenters. The lowest BCUT2D eigenvalue weighted by Gasteiger charge is -2.57. The van der Waals surface area contributed by atoms with Gasteiger partial charge in [-0.25, -0.2) is 0 Å². The predicted molar refractivity (Wildman–Crippen MR) is 152 cm³/mol. The van der Waals surface area contributed by atoms with Gasteiger partial charge in [0.25, 0.3) is 0 Å². The zero-order valence-corrected chi connectivity index (χ0v) is 24.4. The Balaban J connectivity index is 1.37. The summed E-state index contributed by atoms with van der Waals surface area (Å²) in [6.45, 7) is 6.54. The fourth-order valence-corrected chi connectivity index (χ4v) is 8.76. The monoisotopic (exact) mass is 551 g/mol. The van der Waals surface area contributed by atoms with Crippen LogP contribution in [0.5, 0.6) is 0 Å². The maximum atomic E-state index is 14.3. The van der Waals surface area contributed by atoms with Crippen molar-refractivity contribution in [2.75, 3.05) is 13.6 Å². The number of hydrogen-bond acceptors (Lipinski definition) is 4. The van der Waals surface area contributed by atoms with Crippen LogP contribution in [-0.2, 0) is 15.1 Å². The van der Waals surface area contributed by atoms with Crippen molar-refractivity contribution in [3.05, 3.63) is 52.8 Å². The molecule has 39 heavy (non-hydrogen) atoms. The second-order valence-electron chi connectivity index (χ2n) is 13.7. The Kier molecular flexibility index (Phi) is 6.82. The minimum atomic E-state index is -0.562. The summed E-state index contributed by atoms with van der Waals surface area (Å²) in [7, 11) is 1.77. The van der Waals surface area contributed by atoms with Gasteiger partial charge in [0.2, 0.25) is 11.8 Å². The van der Waals surface area contributed by atoms with Gasteiger partial charge in [0.05, 0.1) is 23.8 Å². The SMILES string of the molecule is CNCC(=O)N1[C@H](C(=O)NC23CC4CC(CC(C4)C2)C3)C[C@H](c2ccn(C(C)(C)C)n2)[C@@H]1c1cccc(Cl)c1. The molecule has 1 saturated heterocycles. The number of rotatable bonds is 6. The third kappa shape index (κ3) is 5.01. The van der Waals surface area contributed by atoms with Crippen LogP contribution < -0.4 is 10.6 Å². The molecule has 2 heterocycles. The van der Waals surface area contributed by atoms with E-state index < -0.39 is 6.04 Å². The molecule has 0 unspecified atom stereocenters. The Morgan fingerprint density at radius 2 is 1.72 bits per heavy atom. The number of carbonyl (C=O) groups is 2. The van der Waals surface area contributed by atoms with Crippen molar-refractivity contribution in [2.45, 2.75) is 94.8 Å². The number of amides is 2. The number of aromatic nitrogens is 2. The summed E-state index contributed by atoms with van der Waals surface area (Å²) >= 11 is 6.46. The highest BCUT2D eigenvalue weighted by Crippen LogP contribution is 2.56. The van der Waals surface area contributed by atoms with E-state index in [0.29, 0.717) is 11.4 Å². The van der Waals surface area contributed by atoms with E-state index >= 15 is 0 Å². The molecule has 2 amide bonds. The minimum Gasteiger partial charge on any atom is -0.349 e. The summed E-state index contributed by atoms with van der Waals surface area (Å²) in [5, 5.41) is 12.2. The van der Waals surface area contributed by atoms with Gasteiger partial charge in [0, 0.05) is 22.7 Å². The summed E-state index contributed by atoms with van der Waals surface area (Å²) in [6.07, 6.45) is 9.75. The summed E-state index contributed by atoms with van der Waals surface area (Å²) in [5.41, 5.74) is 1.56. The molecule has 7 rings (SSSR count). The third-order valence-corrected chi connectivity index (χ3v) is 9.94. The second-order valence-corrected chi connectivity index (χ2v) is 14.2. The molecule has 7 nitrogen and oxygen atoms in total. The largest absolute Gasteiger partial charge is 0.349 e. The van der Waals surface area contributed by atoms with E-state index in [1.165, 1.54) is 19.3 Å². The van der Waals surface area contributed by atoms with Gasteiger partial charge in [0.1, 0.15) is 6.04 Å². The number of carbonyl (C=O) groups excluding carboxylic acids is 2. The minimum absolute atomic E-state index is 0.00816. The first-order chi connectivity index (χ1) is 18.5. The lowest BCUT2D eigenvalue weighted by Crippen LogP contribution is -2.62. The first kappa shape index (κ1) is 26.8. The van der Waals surface area contributed by atoms with Gasteiger partial charge in [-0.05, 0) is 114 Å². The van der Waals surface area contributed by atoms with Crippen molar-refractivity contribution in [3.8, 4) is 0 Å². The van der Waals surface area contributed by atoms with Gasteiger partial charge in [-0.2, -0.15) is 5.10 Å². The van der Waals surface area contributed by atoms with Gasteiger partial charge in [0.15, 0.2) is 0 Å². The van der Waals surface area contributed by atoms with Gasteiger partial charge >= 0.3 is 0 Å². The molecule has 2 aromatic rings. The Morgan fingerprint density at radius 3 is 2.28 bits per heavy atom.